The average Bonchev–Trinajstić information content (AvgIpc) is 2.98. The summed E-state index contributed by atoms with van der Waals surface area (Å²) in [4.78, 5) is 11.7. The molecule has 0 saturated carbocycles. The number of carbonyl (C=O) groups is 1. The van der Waals surface area contributed by atoms with Crippen LogP contribution in [0.25, 0.3) is 0 Å². The largest absolute Gasteiger partial charge is 0.483 e. The van der Waals surface area contributed by atoms with Crippen LogP contribution in [0.4, 0.5) is 0 Å². The Balaban J connectivity index is 1.87. The molecule has 0 unspecified atom stereocenters. The van der Waals surface area contributed by atoms with Crippen LogP contribution in [-0.4, -0.2) is 18.7 Å². The second-order valence-electron chi connectivity index (χ2n) is 6.33. The third kappa shape index (κ3) is 4.98. The van der Waals surface area contributed by atoms with Gasteiger partial charge in [0.15, 0.2) is 6.61 Å². The SMILES string of the molecule is Cc1cc(C(C)(C)C)ccc1OCC(=O)NN=Cc1ccco1. The minimum atomic E-state index is -0.327. The fourth-order valence-corrected chi connectivity index (χ4v) is 1.99. The second kappa shape index (κ2) is 7.13. The van der Waals surface area contributed by atoms with Gasteiger partial charge in [-0.3, -0.25) is 4.79 Å². The first-order chi connectivity index (χ1) is 10.9. The van der Waals surface area contributed by atoms with Crippen LogP contribution < -0.4 is 10.2 Å². The summed E-state index contributed by atoms with van der Waals surface area (Å²) in [5.74, 6) is 0.940. The zero-order chi connectivity index (χ0) is 16.9. The van der Waals surface area contributed by atoms with Gasteiger partial charge in [-0.25, -0.2) is 5.43 Å². The molecular weight excluding hydrogens is 292 g/mol. The van der Waals surface area contributed by atoms with Crippen molar-refractivity contribution >= 4 is 12.1 Å². The van der Waals surface area contributed by atoms with E-state index in [0.29, 0.717) is 11.5 Å². The summed E-state index contributed by atoms with van der Waals surface area (Å²) in [7, 11) is 0. The summed E-state index contributed by atoms with van der Waals surface area (Å²) in [6.07, 6.45) is 2.97. The highest BCUT2D eigenvalue weighted by Gasteiger charge is 2.15. The van der Waals surface area contributed by atoms with E-state index in [4.69, 9.17) is 9.15 Å². The Bertz CT molecular complexity index is 683. The first-order valence-corrected chi connectivity index (χ1v) is 7.45. The summed E-state index contributed by atoms with van der Waals surface area (Å²) >= 11 is 0. The molecule has 0 atom stereocenters. The molecule has 0 aliphatic rings. The third-order valence-electron chi connectivity index (χ3n) is 3.32. The maximum Gasteiger partial charge on any atom is 0.277 e. The van der Waals surface area contributed by atoms with Gasteiger partial charge in [0.2, 0.25) is 0 Å². The zero-order valence-electron chi connectivity index (χ0n) is 13.9. The normalized spacial score (nSPS) is 11.7. The lowest BCUT2D eigenvalue weighted by molar-refractivity contribution is -0.123. The minimum Gasteiger partial charge on any atom is -0.483 e. The maximum absolute atomic E-state index is 11.7. The van der Waals surface area contributed by atoms with Gasteiger partial charge in [-0.05, 0) is 41.7 Å². The summed E-state index contributed by atoms with van der Waals surface area (Å²) < 4.78 is 10.6. The van der Waals surface area contributed by atoms with Gasteiger partial charge in [0, 0.05) is 0 Å². The predicted octanol–water partition coefficient (Wildman–Crippen LogP) is 3.41. The van der Waals surface area contributed by atoms with E-state index in [1.807, 2.05) is 19.1 Å². The number of aryl methyl sites for hydroxylation is 1. The van der Waals surface area contributed by atoms with Gasteiger partial charge in [-0.15, -0.1) is 0 Å². The van der Waals surface area contributed by atoms with Crippen LogP contribution in [0, 0.1) is 6.92 Å². The number of hydrogen-bond acceptors (Lipinski definition) is 4. The van der Waals surface area contributed by atoms with Gasteiger partial charge in [0.1, 0.15) is 11.5 Å². The van der Waals surface area contributed by atoms with E-state index in [9.17, 15) is 4.79 Å². The molecule has 122 valence electrons. The molecule has 1 amide bonds. The van der Waals surface area contributed by atoms with Crippen molar-refractivity contribution in [3.05, 3.63) is 53.5 Å². The van der Waals surface area contributed by atoms with E-state index in [-0.39, 0.29) is 17.9 Å². The molecule has 0 saturated heterocycles. The molecular formula is C18H22N2O3. The van der Waals surface area contributed by atoms with E-state index in [0.717, 1.165) is 5.56 Å². The van der Waals surface area contributed by atoms with E-state index in [1.54, 1.807) is 12.1 Å². The maximum atomic E-state index is 11.7. The number of benzene rings is 1. The first kappa shape index (κ1) is 16.8. The topological polar surface area (TPSA) is 63.8 Å². The van der Waals surface area contributed by atoms with Gasteiger partial charge in [-0.1, -0.05) is 32.9 Å². The molecule has 0 fully saturated rings. The van der Waals surface area contributed by atoms with Crippen molar-refractivity contribution in [3.8, 4) is 5.75 Å². The highest BCUT2D eigenvalue weighted by Crippen LogP contribution is 2.27. The Kier molecular flexibility index (Phi) is 5.21. The first-order valence-electron chi connectivity index (χ1n) is 7.45. The number of hydrazone groups is 1. The average molecular weight is 314 g/mol. The molecule has 1 aromatic heterocycles. The molecule has 1 N–H and O–H groups in total. The number of ether oxygens (including phenoxy) is 1. The molecule has 0 bridgehead atoms. The van der Waals surface area contributed by atoms with Crippen LogP contribution in [0.3, 0.4) is 0 Å². The number of hydrogen-bond donors (Lipinski definition) is 1. The van der Waals surface area contributed by atoms with Crippen molar-refractivity contribution in [2.24, 2.45) is 5.10 Å². The Morgan fingerprint density at radius 2 is 2.13 bits per heavy atom. The summed E-state index contributed by atoms with van der Waals surface area (Å²) in [6.45, 7) is 8.36. The van der Waals surface area contributed by atoms with Crippen molar-refractivity contribution in [2.75, 3.05) is 6.61 Å². The van der Waals surface area contributed by atoms with E-state index < -0.39 is 0 Å². The molecule has 0 aliphatic carbocycles. The predicted molar refractivity (Wildman–Crippen MR) is 89.8 cm³/mol. The lowest BCUT2D eigenvalue weighted by Gasteiger charge is -2.20. The molecule has 0 aliphatic heterocycles. The van der Waals surface area contributed by atoms with Crippen LogP contribution in [0.1, 0.15) is 37.7 Å². The van der Waals surface area contributed by atoms with Crippen LogP contribution in [0.15, 0.2) is 46.1 Å². The van der Waals surface area contributed by atoms with E-state index in [2.05, 4.69) is 37.4 Å². The molecule has 5 heteroatoms. The fraction of sp³-hybridized carbons (Fsp3) is 0.333. The van der Waals surface area contributed by atoms with Crippen molar-refractivity contribution < 1.29 is 13.9 Å². The monoisotopic (exact) mass is 314 g/mol. The van der Waals surface area contributed by atoms with Gasteiger partial charge < -0.3 is 9.15 Å². The third-order valence-corrected chi connectivity index (χ3v) is 3.32. The molecule has 1 heterocycles. The molecule has 5 nitrogen and oxygen atoms in total. The Hall–Kier alpha value is -2.56. The summed E-state index contributed by atoms with van der Waals surface area (Å²) in [5, 5.41) is 3.80. The van der Waals surface area contributed by atoms with E-state index in [1.165, 1.54) is 18.0 Å². The fourth-order valence-electron chi connectivity index (χ4n) is 1.99. The van der Waals surface area contributed by atoms with Gasteiger partial charge in [-0.2, -0.15) is 5.10 Å². The van der Waals surface area contributed by atoms with Gasteiger partial charge >= 0.3 is 0 Å². The van der Waals surface area contributed by atoms with Crippen molar-refractivity contribution in [2.45, 2.75) is 33.1 Å². The molecule has 0 radical (unpaired) electrons. The standard InChI is InChI=1S/C18H22N2O3/c1-13-10-14(18(2,3)4)7-8-16(13)23-12-17(21)20-19-11-15-6-5-9-22-15/h5-11H,12H2,1-4H3,(H,20,21). The zero-order valence-corrected chi connectivity index (χ0v) is 13.9. The molecule has 0 spiro atoms. The van der Waals surface area contributed by atoms with Gasteiger partial charge in [0.25, 0.3) is 5.91 Å². The number of nitrogens with one attached hydrogen (secondary N) is 1. The molecule has 23 heavy (non-hydrogen) atoms. The lowest BCUT2D eigenvalue weighted by Crippen LogP contribution is -2.24. The van der Waals surface area contributed by atoms with Crippen LogP contribution in [0.2, 0.25) is 0 Å². The van der Waals surface area contributed by atoms with Crippen LogP contribution in [0.5, 0.6) is 5.75 Å². The van der Waals surface area contributed by atoms with Gasteiger partial charge in [0.05, 0.1) is 12.5 Å². The summed E-state index contributed by atoms with van der Waals surface area (Å²) in [6, 6.07) is 9.50. The Labute approximate surface area is 136 Å². The number of rotatable bonds is 5. The highest BCUT2D eigenvalue weighted by molar-refractivity contribution is 5.81. The second-order valence-corrected chi connectivity index (χ2v) is 6.33. The number of furan rings is 1. The number of carbonyl (C=O) groups excluding carboxylic acids is 1. The van der Waals surface area contributed by atoms with Crippen molar-refractivity contribution in [1.82, 2.24) is 5.43 Å². The highest BCUT2D eigenvalue weighted by atomic mass is 16.5. The number of nitrogens with zero attached hydrogens (tertiary/aromatic N) is 1. The quantitative estimate of drug-likeness (QED) is 0.679. The van der Waals surface area contributed by atoms with Crippen molar-refractivity contribution in [3.63, 3.8) is 0 Å². The lowest BCUT2D eigenvalue weighted by atomic mass is 9.86. The number of amides is 1. The van der Waals surface area contributed by atoms with E-state index >= 15 is 0 Å². The smallest absolute Gasteiger partial charge is 0.277 e. The molecule has 1 aromatic carbocycles. The Morgan fingerprint density at radius 1 is 1.35 bits per heavy atom. The van der Waals surface area contributed by atoms with Crippen molar-refractivity contribution in [1.29, 1.82) is 0 Å². The summed E-state index contributed by atoms with van der Waals surface area (Å²) in [5.41, 5.74) is 4.71. The molecule has 2 rings (SSSR count). The Morgan fingerprint density at radius 3 is 2.74 bits per heavy atom. The minimum absolute atomic E-state index is 0.0846. The van der Waals surface area contributed by atoms with Crippen LogP contribution in [-0.2, 0) is 10.2 Å². The van der Waals surface area contributed by atoms with Crippen LogP contribution >= 0.6 is 0 Å². The molecule has 2 aromatic rings.